The average molecular weight is 220 g/mol. The summed E-state index contributed by atoms with van der Waals surface area (Å²) in [5.74, 6) is 0. The van der Waals surface area contributed by atoms with Gasteiger partial charge in [0.25, 0.3) is 0 Å². The molecule has 3 nitrogen and oxygen atoms in total. The molecular formula is C13H20N2O. The van der Waals surface area contributed by atoms with E-state index in [-0.39, 0.29) is 0 Å². The van der Waals surface area contributed by atoms with Crippen LogP contribution in [-0.4, -0.2) is 30.1 Å². The summed E-state index contributed by atoms with van der Waals surface area (Å²) < 4.78 is 5.14. The lowest BCUT2D eigenvalue weighted by Crippen LogP contribution is -2.38. The van der Waals surface area contributed by atoms with Crippen LogP contribution in [0.4, 0.5) is 0 Å². The second kappa shape index (κ2) is 4.60. The molecule has 0 aromatic carbocycles. The van der Waals surface area contributed by atoms with Gasteiger partial charge in [-0.1, -0.05) is 0 Å². The maximum Gasteiger partial charge on any atom is 0.0947 e. The van der Waals surface area contributed by atoms with Crippen molar-refractivity contribution >= 4 is 0 Å². The second-order valence-electron chi connectivity index (χ2n) is 5.09. The summed E-state index contributed by atoms with van der Waals surface area (Å²) in [7, 11) is 0. The Bertz CT molecular complexity index is 313. The van der Waals surface area contributed by atoms with Crippen LogP contribution in [0, 0.1) is 0 Å². The van der Waals surface area contributed by atoms with Gasteiger partial charge in [0.1, 0.15) is 0 Å². The van der Waals surface area contributed by atoms with Gasteiger partial charge in [0.2, 0.25) is 0 Å². The molecule has 1 aliphatic heterocycles. The lowest BCUT2D eigenvalue weighted by Gasteiger charge is -2.24. The lowest BCUT2D eigenvalue weighted by molar-refractivity contribution is 0.230. The summed E-state index contributed by atoms with van der Waals surface area (Å²) in [6, 6.07) is 3.63. The zero-order chi connectivity index (χ0) is 10.8. The Morgan fingerprint density at radius 2 is 2.31 bits per heavy atom. The van der Waals surface area contributed by atoms with E-state index >= 15 is 0 Å². The first-order valence-electron chi connectivity index (χ1n) is 6.40. The molecule has 88 valence electrons. The van der Waals surface area contributed by atoms with E-state index in [1.807, 2.05) is 6.26 Å². The Kier molecular flexibility index (Phi) is 2.98. The molecule has 1 saturated carbocycles. The van der Waals surface area contributed by atoms with Crippen molar-refractivity contribution in [3.8, 4) is 0 Å². The summed E-state index contributed by atoms with van der Waals surface area (Å²) >= 11 is 0. The van der Waals surface area contributed by atoms with E-state index in [1.54, 1.807) is 6.26 Å². The Morgan fingerprint density at radius 1 is 1.38 bits per heavy atom. The summed E-state index contributed by atoms with van der Waals surface area (Å²) in [4.78, 5) is 2.62. The minimum Gasteiger partial charge on any atom is -0.472 e. The largest absolute Gasteiger partial charge is 0.472 e. The molecule has 16 heavy (non-hydrogen) atoms. The van der Waals surface area contributed by atoms with Crippen molar-refractivity contribution < 1.29 is 4.42 Å². The van der Waals surface area contributed by atoms with Crippen LogP contribution in [-0.2, 0) is 6.54 Å². The Labute approximate surface area is 96.8 Å². The molecule has 2 aliphatic rings. The fourth-order valence-electron chi connectivity index (χ4n) is 2.60. The molecule has 1 atom stereocenters. The van der Waals surface area contributed by atoms with E-state index in [1.165, 1.54) is 44.3 Å². The van der Waals surface area contributed by atoms with Gasteiger partial charge >= 0.3 is 0 Å². The maximum atomic E-state index is 5.14. The van der Waals surface area contributed by atoms with Crippen LogP contribution in [0.15, 0.2) is 23.0 Å². The van der Waals surface area contributed by atoms with E-state index in [4.69, 9.17) is 4.42 Å². The first kappa shape index (κ1) is 10.4. The normalized spacial score (nSPS) is 25.4. The summed E-state index contributed by atoms with van der Waals surface area (Å²) in [5.41, 5.74) is 1.31. The van der Waals surface area contributed by atoms with E-state index in [0.717, 1.165) is 12.6 Å². The number of nitrogens with zero attached hydrogens (tertiary/aromatic N) is 1. The van der Waals surface area contributed by atoms with Gasteiger partial charge in [-0.15, -0.1) is 0 Å². The number of nitrogens with one attached hydrogen (secondary N) is 1. The molecule has 0 radical (unpaired) electrons. The first-order chi connectivity index (χ1) is 7.92. The van der Waals surface area contributed by atoms with E-state index in [0.29, 0.717) is 6.04 Å². The molecule has 2 fully saturated rings. The first-order valence-corrected chi connectivity index (χ1v) is 6.40. The molecule has 0 spiro atoms. The molecule has 0 amide bonds. The number of furan rings is 1. The smallest absolute Gasteiger partial charge is 0.0947 e. The summed E-state index contributed by atoms with van der Waals surface area (Å²) in [5, 5.41) is 3.58. The van der Waals surface area contributed by atoms with Crippen LogP contribution >= 0.6 is 0 Å². The zero-order valence-electron chi connectivity index (χ0n) is 9.69. The molecule has 3 rings (SSSR count). The van der Waals surface area contributed by atoms with Crippen molar-refractivity contribution in [2.45, 2.75) is 44.3 Å². The lowest BCUT2D eigenvalue weighted by atomic mass is 10.2. The molecule has 1 aliphatic carbocycles. The van der Waals surface area contributed by atoms with E-state index in [9.17, 15) is 0 Å². The third-order valence-electron chi connectivity index (χ3n) is 3.65. The molecule has 1 unspecified atom stereocenters. The van der Waals surface area contributed by atoms with Crippen LogP contribution in [0.25, 0.3) is 0 Å². The Balaban J connectivity index is 1.57. The number of hydrogen-bond acceptors (Lipinski definition) is 3. The minimum absolute atomic E-state index is 0.715. The van der Waals surface area contributed by atoms with Crippen LogP contribution in [0.5, 0.6) is 0 Å². The van der Waals surface area contributed by atoms with Gasteiger partial charge in [-0.2, -0.15) is 0 Å². The van der Waals surface area contributed by atoms with Crippen LogP contribution < -0.4 is 5.32 Å². The van der Waals surface area contributed by atoms with Crippen LogP contribution in [0.3, 0.4) is 0 Å². The highest BCUT2D eigenvalue weighted by molar-refractivity contribution is 5.06. The zero-order valence-corrected chi connectivity index (χ0v) is 9.69. The van der Waals surface area contributed by atoms with Crippen molar-refractivity contribution in [1.29, 1.82) is 0 Å². The summed E-state index contributed by atoms with van der Waals surface area (Å²) in [6.45, 7) is 3.46. The standard InChI is InChI=1S/C13H20N2O/c1-2-12(14-6-1)9-15(13-3-4-13)8-11-5-7-16-10-11/h5,7,10,12-14H,1-4,6,8-9H2. The van der Waals surface area contributed by atoms with E-state index < -0.39 is 0 Å². The van der Waals surface area contributed by atoms with Gasteiger partial charge in [-0.25, -0.2) is 0 Å². The van der Waals surface area contributed by atoms with Crippen molar-refractivity contribution in [2.75, 3.05) is 13.1 Å². The topological polar surface area (TPSA) is 28.4 Å². The van der Waals surface area contributed by atoms with E-state index in [2.05, 4.69) is 16.3 Å². The predicted octanol–water partition coefficient (Wildman–Crippen LogP) is 2.00. The Morgan fingerprint density at radius 3 is 2.94 bits per heavy atom. The highest BCUT2D eigenvalue weighted by atomic mass is 16.3. The van der Waals surface area contributed by atoms with Crippen LogP contribution in [0.2, 0.25) is 0 Å². The van der Waals surface area contributed by atoms with Crippen molar-refractivity contribution in [3.05, 3.63) is 24.2 Å². The highest BCUT2D eigenvalue weighted by Gasteiger charge is 2.31. The third-order valence-corrected chi connectivity index (χ3v) is 3.65. The molecule has 3 heteroatoms. The minimum atomic E-state index is 0.715. The number of hydrogen-bond donors (Lipinski definition) is 1. The van der Waals surface area contributed by atoms with Gasteiger partial charge in [0.05, 0.1) is 12.5 Å². The van der Waals surface area contributed by atoms with Gasteiger partial charge in [-0.3, -0.25) is 4.90 Å². The Hall–Kier alpha value is -0.800. The molecule has 0 bridgehead atoms. The predicted molar refractivity (Wildman–Crippen MR) is 63.2 cm³/mol. The van der Waals surface area contributed by atoms with Crippen LogP contribution in [0.1, 0.15) is 31.2 Å². The molecule has 1 N–H and O–H groups in total. The third kappa shape index (κ3) is 2.47. The monoisotopic (exact) mass is 220 g/mol. The molecule has 1 saturated heterocycles. The highest BCUT2D eigenvalue weighted by Crippen LogP contribution is 2.29. The molecule has 2 heterocycles. The molecular weight excluding hydrogens is 200 g/mol. The molecule has 1 aromatic rings. The SMILES string of the molecule is c1cc(CN(CC2CCCN2)C2CC2)co1. The quantitative estimate of drug-likeness (QED) is 0.822. The number of rotatable bonds is 5. The van der Waals surface area contributed by atoms with Crippen molar-refractivity contribution in [2.24, 2.45) is 0 Å². The summed E-state index contributed by atoms with van der Waals surface area (Å²) in [6.07, 6.45) is 9.09. The van der Waals surface area contributed by atoms with Gasteiger partial charge < -0.3 is 9.73 Å². The van der Waals surface area contributed by atoms with Gasteiger partial charge in [0.15, 0.2) is 0 Å². The van der Waals surface area contributed by atoms with Crippen molar-refractivity contribution in [3.63, 3.8) is 0 Å². The van der Waals surface area contributed by atoms with Crippen molar-refractivity contribution in [1.82, 2.24) is 10.2 Å². The fourth-order valence-corrected chi connectivity index (χ4v) is 2.60. The maximum absolute atomic E-state index is 5.14. The average Bonchev–Trinajstić information content (AvgIpc) is 2.79. The fraction of sp³-hybridized carbons (Fsp3) is 0.692. The van der Waals surface area contributed by atoms with Gasteiger partial charge in [-0.05, 0) is 38.3 Å². The molecule has 1 aromatic heterocycles. The second-order valence-corrected chi connectivity index (χ2v) is 5.09. The van der Waals surface area contributed by atoms with Gasteiger partial charge in [0, 0.05) is 30.7 Å².